The van der Waals surface area contributed by atoms with E-state index in [-0.39, 0.29) is 0 Å². The minimum absolute atomic E-state index is 0.584. The molecule has 1 heterocycles. The van der Waals surface area contributed by atoms with E-state index in [1.165, 1.54) is 11.3 Å². The van der Waals surface area contributed by atoms with E-state index in [4.69, 9.17) is 5.73 Å². The zero-order valence-electron chi connectivity index (χ0n) is 11.2. The first-order chi connectivity index (χ1) is 8.65. The van der Waals surface area contributed by atoms with Gasteiger partial charge in [0.2, 0.25) is 0 Å². The Bertz CT molecular complexity index is 408. The van der Waals surface area contributed by atoms with Crippen LogP contribution in [0.4, 0.5) is 5.69 Å². The molecule has 1 fully saturated rings. The third-order valence-electron chi connectivity index (χ3n) is 3.79. The smallest absolute Gasteiger partial charge is 0.0378 e. The highest BCUT2D eigenvalue weighted by molar-refractivity contribution is 9.10. The molecule has 0 amide bonds. The molecule has 0 bridgehead atoms. The standard InChI is InChI=1S/C14H22BrN3/c1-3-17-6-7-18(10-11(17)2)13-5-4-12(9-16)14(15)8-13/h4-5,8,11H,3,6-7,9-10,16H2,1-2H3. The molecule has 1 saturated heterocycles. The fourth-order valence-corrected chi connectivity index (χ4v) is 3.13. The number of likely N-dealkylation sites (N-methyl/N-ethyl adjacent to an activating group) is 1. The van der Waals surface area contributed by atoms with Gasteiger partial charge in [-0.1, -0.05) is 28.9 Å². The van der Waals surface area contributed by atoms with E-state index in [0.717, 1.165) is 30.7 Å². The Hall–Kier alpha value is -0.580. The fraction of sp³-hybridized carbons (Fsp3) is 0.571. The maximum absolute atomic E-state index is 5.69. The van der Waals surface area contributed by atoms with Crippen LogP contribution in [0.3, 0.4) is 0 Å². The molecule has 18 heavy (non-hydrogen) atoms. The minimum Gasteiger partial charge on any atom is -0.369 e. The first-order valence-electron chi connectivity index (χ1n) is 6.63. The lowest BCUT2D eigenvalue weighted by molar-refractivity contribution is 0.199. The van der Waals surface area contributed by atoms with Crippen molar-refractivity contribution in [3.05, 3.63) is 28.2 Å². The van der Waals surface area contributed by atoms with Crippen LogP contribution in [0.1, 0.15) is 19.4 Å². The van der Waals surface area contributed by atoms with Crippen LogP contribution in [0.2, 0.25) is 0 Å². The van der Waals surface area contributed by atoms with Gasteiger partial charge in [-0.25, -0.2) is 0 Å². The molecule has 1 aromatic rings. The molecule has 1 aliphatic rings. The van der Waals surface area contributed by atoms with E-state index >= 15 is 0 Å². The summed E-state index contributed by atoms with van der Waals surface area (Å²) in [5, 5.41) is 0. The lowest BCUT2D eigenvalue weighted by atomic mass is 10.1. The monoisotopic (exact) mass is 311 g/mol. The van der Waals surface area contributed by atoms with Crippen LogP contribution in [0, 0.1) is 0 Å². The summed E-state index contributed by atoms with van der Waals surface area (Å²) in [5.74, 6) is 0. The molecule has 0 radical (unpaired) electrons. The summed E-state index contributed by atoms with van der Waals surface area (Å²) in [4.78, 5) is 4.99. The van der Waals surface area contributed by atoms with Gasteiger partial charge < -0.3 is 10.6 Å². The number of benzene rings is 1. The van der Waals surface area contributed by atoms with Crippen LogP contribution in [-0.2, 0) is 6.54 Å². The minimum atomic E-state index is 0.584. The molecule has 1 aromatic carbocycles. The van der Waals surface area contributed by atoms with E-state index in [2.05, 4.69) is 57.8 Å². The van der Waals surface area contributed by atoms with E-state index in [0.29, 0.717) is 12.6 Å². The van der Waals surface area contributed by atoms with Crippen molar-refractivity contribution in [2.24, 2.45) is 5.73 Å². The maximum Gasteiger partial charge on any atom is 0.0378 e. The van der Waals surface area contributed by atoms with E-state index in [9.17, 15) is 0 Å². The van der Waals surface area contributed by atoms with Gasteiger partial charge in [0.15, 0.2) is 0 Å². The average Bonchev–Trinajstić information content (AvgIpc) is 2.38. The fourth-order valence-electron chi connectivity index (χ4n) is 2.60. The third kappa shape index (κ3) is 2.87. The summed E-state index contributed by atoms with van der Waals surface area (Å²) in [6, 6.07) is 7.12. The molecule has 1 aliphatic heterocycles. The summed E-state index contributed by atoms with van der Waals surface area (Å²) in [7, 11) is 0. The van der Waals surface area contributed by atoms with Crippen LogP contribution in [0.5, 0.6) is 0 Å². The summed E-state index contributed by atoms with van der Waals surface area (Å²) in [6.45, 7) is 9.62. The lowest BCUT2D eigenvalue weighted by Gasteiger charge is -2.40. The van der Waals surface area contributed by atoms with Gasteiger partial charge in [-0.15, -0.1) is 0 Å². The topological polar surface area (TPSA) is 32.5 Å². The molecule has 0 saturated carbocycles. The van der Waals surface area contributed by atoms with Crippen LogP contribution in [-0.4, -0.2) is 37.1 Å². The van der Waals surface area contributed by atoms with E-state index in [1.54, 1.807) is 0 Å². The highest BCUT2D eigenvalue weighted by atomic mass is 79.9. The first-order valence-corrected chi connectivity index (χ1v) is 7.42. The molecule has 0 aliphatic carbocycles. The Labute approximate surface area is 118 Å². The first kappa shape index (κ1) is 13.8. The number of nitrogens with two attached hydrogens (primary N) is 1. The van der Waals surface area contributed by atoms with Gasteiger partial charge in [-0.05, 0) is 31.2 Å². The van der Waals surface area contributed by atoms with Crippen molar-refractivity contribution < 1.29 is 0 Å². The van der Waals surface area contributed by atoms with Crippen molar-refractivity contribution in [2.75, 3.05) is 31.1 Å². The summed E-state index contributed by atoms with van der Waals surface area (Å²) in [6.07, 6.45) is 0. The molecule has 0 aromatic heterocycles. The van der Waals surface area contributed by atoms with Gasteiger partial charge >= 0.3 is 0 Å². The van der Waals surface area contributed by atoms with Gasteiger partial charge in [0, 0.05) is 42.4 Å². The summed E-state index contributed by atoms with van der Waals surface area (Å²) >= 11 is 3.60. The zero-order chi connectivity index (χ0) is 13.1. The van der Waals surface area contributed by atoms with Gasteiger partial charge in [0.1, 0.15) is 0 Å². The normalized spacial score (nSPS) is 21.3. The van der Waals surface area contributed by atoms with Gasteiger partial charge in [-0.3, -0.25) is 4.90 Å². The van der Waals surface area contributed by atoms with Crippen LogP contribution in [0.25, 0.3) is 0 Å². The molecule has 0 spiro atoms. The van der Waals surface area contributed by atoms with Crippen molar-refractivity contribution in [3.8, 4) is 0 Å². The van der Waals surface area contributed by atoms with Crippen LogP contribution >= 0.6 is 15.9 Å². The van der Waals surface area contributed by atoms with Crippen molar-refractivity contribution >= 4 is 21.6 Å². The summed E-state index contributed by atoms with van der Waals surface area (Å²) in [5.41, 5.74) is 8.15. The molecule has 2 rings (SSSR count). The van der Waals surface area contributed by atoms with E-state index in [1.807, 2.05) is 0 Å². The number of rotatable bonds is 3. The molecule has 100 valence electrons. The number of halogens is 1. The second-order valence-electron chi connectivity index (χ2n) is 4.90. The zero-order valence-corrected chi connectivity index (χ0v) is 12.8. The predicted octanol–water partition coefficient (Wildman–Crippen LogP) is 2.44. The maximum atomic E-state index is 5.69. The van der Waals surface area contributed by atoms with Crippen LogP contribution in [0.15, 0.2) is 22.7 Å². The molecule has 3 nitrogen and oxygen atoms in total. The Morgan fingerprint density at radius 2 is 2.17 bits per heavy atom. The summed E-state index contributed by atoms with van der Waals surface area (Å²) < 4.78 is 1.12. The Kier molecular flexibility index (Phi) is 4.65. The number of nitrogens with zero attached hydrogens (tertiary/aromatic N) is 2. The van der Waals surface area contributed by atoms with Crippen molar-refractivity contribution in [3.63, 3.8) is 0 Å². The Morgan fingerprint density at radius 1 is 1.39 bits per heavy atom. The predicted molar refractivity (Wildman–Crippen MR) is 81.0 cm³/mol. The van der Waals surface area contributed by atoms with Gasteiger partial charge in [0.05, 0.1) is 0 Å². The molecule has 1 atom stereocenters. The van der Waals surface area contributed by atoms with Gasteiger partial charge in [-0.2, -0.15) is 0 Å². The van der Waals surface area contributed by atoms with Gasteiger partial charge in [0.25, 0.3) is 0 Å². The van der Waals surface area contributed by atoms with Crippen molar-refractivity contribution in [1.29, 1.82) is 0 Å². The number of piperazine rings is 1. The Balaban J connectivity index is 2.11. The SMILES string of the molecule is CCN1CCN(c2ccc(CN)c(Br)c2)CC1C. The second-order valence-corrected chi connectivity index (χ2v) is 5.76. The molecule has 1 unspecified atom stereocenters. The largest absolute Gasteiger partial charge is 0.369 e. The van der Waals surface area contributed by atoms with Crippen LogP contribution < -0.4 is 10.6 Å². The highest BCUT2D eigenvalue weighted by Gasteiger charge is 2.22. The van der Waals surface area contributed by atoms with Crippen molar-refractivity contribution in [1.82, 2.24) is 4.90 Å². The van der Waals surface area contributed by atoms with E-state index < -0.39 is 0 Å². The van der Waals surface area contributed by atoms with Crippen molar-refractivity contribution in [2.45, 2.75) is 26.4 Å². The number of hydrogen-bond acceptors (Lipinski definition) is 3. The lowest BCUT2D eigenvalue weighted by Crippen LogP contribution is -2.51. The number of hydrogen-bond donors (Lipinski definition) is 1. The molecule has 4 heteroatoms. The number of anilines is 1. The molecular formula is C14H22BrN3. The third-order valence-corrected chi connectivity index (χ3v) is 4.53. The quantitative estimate of drug-likeness (QED) is 0.930. The Morgan fingerprint density at radius 3 is 2.72 bits per heavy atom. The average molecular weight is 312 g/mol. The second kappa shape index (κ2) is 6.04. The highest BCUT2D eigenvalue weighted by Crippen LogP contribution is 2.25. The molecule has 2 N–H and O–H groups in total. The molecular weight excluding hydrogens is 290 g/mol.